The van der Waals surface area contributed by atoms with Crippen molar-refractivity contribution in [1.29, 1.82) is 0 Å². The second-order valence-electron chi connectivity index (χ2n) is 5.40. The molecule has 0 spiro atoms. The molecule has 0 aliphatic heterocycles. The van der Waals surface area contributed by atoms with Gasteiger partial charge in [0, 0.05) is 12.0 Å². The molecule has 0 saturated heterocycles. The number of carbonyl (C=O) groups excluding carboxylic acids is 1. The van der Waals surface area contributed by atoms with Gasteiger partial charge in [-0.15, -0.1) is 0 Å². The maximum Gasteiger partial charge on any atom is 0.222 e. The molecule has 1 aliphatic rings. The highest BCUT2D eigenvalue weighted by Gasteiger charge is 2.30. The van der Waals surface area contributed by atoms with E-state index in [1.165, 1.54) is 6.42 Å². The van der Waals surface area contributed by atoms with Gasteiger partial charge < -0.3 is 15.5 Å². The average Bonchev–Trinajstić information content (AvgIpc) is 2.82. The normalized spacial score (nSPS) is 20.3. The van der Waals surface area contributed by atoms with Crippen LogP contribution in [0.25, 0.3) is 0 Å². The van der Waals surface area contributed by atoms with E-state index in [0.717, 1.165) is 31.4 Å². The summed E-state index contributed by atoms with van der Waals surface area (Å²) in [7, 11) is 0. The van der Waals surface area contributed by atoms with E-state index >= 15 is 0 Å². The van der Waals surface area contributed by atoms with Crippen molar-refractivity contribution in [1.82, 2.24) is 5.32 Å². The summed E-state index contributed by atoms with van der Waals surface area (Å²) < 4.78 is 5.27. The van der Waals surface area contributed by atoms with Gasteiger partial charge in [-0.1, -0.05) is 19.3 Å². The van der Waals surface area contributed by atoms with E-state index in [1.807, 2.05) is 19.1 Å². The van der Waals surface area contributed by atoms with Crippen LogP contribution in [-0.4, -0.2) is 11.4 Å². The van der Waals surface area contributed by atoms with Gasteiger partial charge in [-0.05, 0) is 31.9 Å². The lowest BCUT2D eigenvalue weighted by Crippen LogP contribution is -2.46. The summed E-state index contributed by atoms with van der Waals surface area (Å²) in [5.74, 6) is 0.793. The molecule has 1 aromatic rings. The largest absolute Gasteiger partial charge is 0.467 e. The second kappa shape index (κ2) is 5.57. The Bertz CT molecular complexity index is 381. The molecule has 18 heavy (non-hydrogen) atoms. The van der Waals surface area contributed by atoms with Crippen molar-refractivity contribution < 1.29 is 9.21 Å². The van der Waals surface area contributed by atoms with Crippen LogP contribution in [0.15, 0.2) is 22.8 Å². The van der Waals surface area contributed by atoms with Crippen LogP contribution < -0.4 is 11.1 Å². The van der Waals surface area contributed by atoms with Crippen LogP contribution in [0.5, 0.6) is 0 Å². The Balaban J connectivity index is 1.84. The van der Waals surface area contributed by atoms with Crippen LogP contribution in [-0.2, 0) is 4.79 Å². The van der Waals surface area contributed by atoms with Crippen molar-refractivity contribution in [3.05, 3.63) is 24.2 Å². The molecule has 4 heteroatoms. The molecule has 1 heterocycles. The fourth-order valence-corrected chi connectivity index (χ4v) is 2.65. The molecule has 1 amide bonds. The van der Waals surface area contributed by atoms with Gasteiger partial charge in [0.1, 0.15) is 5.76 Å². The third-order valence-corrected chi connectivity index (χ3v) is 3.71. The van der Waals surface area contributed by atoms with Crippen molar-refractivity contribution in [2.45, 2.75) is 57.0 Å². The smallest absolute Gasteiger partial charge is 0.222 e. The molecule has 4 nitrogen and oxygen atoms in total. The van der Waals surface area contributed by atoms with Crippen LogP contribution in [0.4, 0.5) is 0 Å². The zero-order valence-electron chi connectivity index (χ0n) is 10.9. The number of hydrogen-bond donors (Lipinski definition) is 2. The van der Waals surface area contributed by atoms with Gasteiger partial charge in [0.25, 0.3) is 0 Å². The van der Waals surface area contributed by atoms with Crippen molar-refractivity contribution in [2.75, 3.05) is 0 Å². The molecule has 1 saturated carbocycles. The number of rotatable bonds is 4. The summed E-state index contributed by atoms with van der Waals surface area (Å²) in [6.07, 6.45) is 7.45. The summed E-state index contributed by atoms with van der Waals surface area (Å²) >= 11 is 0. The first-order chi connectivity index (χ1) is 8.59. The Labute approximate surface area is 108 Å². The Morgan fingerprint density at radius 3 is 2.83 bits per heavy atom. The van der Waals surface area contributed by atoms with E-state index in [0.29, 0.717) is 6.42 Å². The van der Waals surface area contributed by atoms with Crippen molar-refractivity contribution in [3.8, 4) is 0 Å². The van der Waals surface area contributed by atoms with Crippen LogP contribution in [0.2, 0.25) is 0 Å². The lowest BCUT2D eigenvalue weighted by molar-refractivity contribution is -0.123. The molecule has 1 aliphatic carbocycles. The van der Waals surface area contributed by atoms with Gasteiger partial charge >= 0.3 is 0 Å². The summed E-state index contributed by atoms with van der Waals surface area (Å²) in [6, 6.07) is 3.59. The predicted molar refractivity (Wildman–Crippen MR) is 69.9 cm³/mol. The minimum Gasteiger partial charge on any atom is -0.467 e. The molecule has 0 bridgehead atoms. The van der Waals surface area contributed by atoms with Crippen molar-refractivity contribution in [2.24, 2.45) is 5.73 Å². The molecule has 1 fully saturated rings. The quantitative estimate of drug-likeness (QED) is 0.862. The predicted octanol–water partition coefficient (Wildman–Crippen LogP) is 2.51. The van der Waals surface area contributed by atoms with Crippen LogP contribution >= 0.6 is 0 Å². The molecule has 0 unspecified atom stereocenters. The Morgan fingerprint density at radius 1 is 1.50 bits per heavy atom. The second-order valence-corrected chi connectivity index (χ2v) is 5.40. The minimum atomic E-state index is -0.300. The van der Waals surface area contributed by atoms with Crippen LogP contribution in [0.3, 0.4) is 0 Å². The fraction of sp³-hybridized carbons (Fsp3) is 0.643. The van der Waals surface area contributed by atoms with E-state index in [2.05, 4.69) is 5.32 Å². The highest BCUT2D eigenvalue weighted by Crippen LogP contribution is 2.28. The first-order valence-electron chi connectivity index (χ1n) is 6.71. The Hall–Kier alpha value is -1.29. The maximum absolute atomic E-state index is 12.0. The number of amides is 1. The summed E-state index contributed by atoms with van der Waals surface area (Å²) in [5, 5.41) is 2.94. The lowest BCUT2D eigenvalue weighted by Gasteiger charge is -2.33. The number of hydrogen-bond acceptors (Lipinski definition) is 3. The SMILES string of the molecule is C[C@H](NC(=O)CC1(N)CCCCC1)c1ccco1. The number of furan rings is 1. The molecule has 1 aromatic heterocycles. The summed E-state index contributed by atoms with van der Waals surface area (Å²) in [6.45, 7) is 1.92. The molecular formula is C14H22N2O2. The Morgan fingerprint density at radius 2 is 2.22 bits per heavy atom. The molecule has 2 rings (SSSR count). The molecule has 0 radical (unpaired) electrons. The van der Waals surface area contributed by atoms with E-state index in [9.17, 15) is 4.79 Å². The molecule has 0 aromatic carbocycles. The molecule has 3 N–H and O–H groups in total. The van der Waals surface area contributed by atoms with E-state index < -0.39 is 0 Å². The molecule has 100 valence electrons. The van der Waals surface area contributed by atoms with Crippen molar-refractivity contribution >= 4 is 5.91 Å². The third-order valence-electron chi connectivity index (χ3n) is 3.71. The topological polar surface area (TPSA) is 68.3 Å². The maximum atomic E-state index is 12.0. The van der Waals surface area contributed by atoms with Gasteiger partial charge in [0.05, 0.1) is 12.3 Å². The van der Waals surface area contributed by atoms with Gasteiger partial charge in [-0.2, -0.15) is 0 Å². The first kappa shape index (κ1) is 13.1. The minimum absolute atomic E-state index is 0.0169. The fourth-order valence-electron chi connectivity index (χ4n) is 2.65. The standard InChI is InChI=1S/C14H22N2O2/c1-11(12-6-5-9-18-12)16-13(17)10-14(15)7-3-2-4-8-14/h5-6,9,11H,2-4,7-8,10,15H2,1H3,(H,16,17)/t11-/m0/s1. The summed E-state index contributed by atoms with van der Waals surface area (Å²) in [4.78, 5) is 12.0. The highest BCUT2D eigenvalue weighted by molar-refractivity contribution is 5.77. The third kappa shape index (κ3) is 3.35. The number of carbonyl (C=O) groups is 1. The molecule has 1 atom stereocenters. The summed E-state index contributed by atoms with van der Waals surface area (Å²) in [5.41, 5.74) is 5.97. The first-order valence-corrected chi connectivity index (χ1v) is 6.71. The van der Waals surface area contributed by atoms with E-state index in [4.69, 9.17) is 10.2 Å². The monoisotopic (exact) mass is 250 g/mol. The van der Waals surface area contributed by atoms with Crippen LogP contribution in [0, 0.1) is 0 Å². The van der Waals surface area contributed by atoms with Gasteiger partial charge in [0.15, 0.2) is 0 Å². The Kier molecular flexibility index (Phi) is 4.07. The van der Waals surface area contributed by atoms with Gasteiger partial charge in [0.2, 0.25) is 5.91 Å². The van der Waals surface area contributed by atoms with Crippen LogP contribution in [0.1, 0.15) is 57.3 Å². The average molecular weight is 250 g/mol. The van der Waals surface area contributed by atoms with Gasteiger partial charge in [-0.3, -0.25) is 4.79 Å². The van der Waals surface area contributed by atoms with Crippen molar-refractivity contribution in [3.63, 3.8) is 0 Å². The zero-order valence-corrected chi connectivity index (χ0v) is 10.9. The highest BCUT2D eigenvalue weighted by atomic mass is 16.3. The number of nitrogens with two attached hydrogens (primary N) is 1. The van der Waals surface area contributed by atoms with E-state index in [1.54, 1.807) is 6.26 Å². The lowest BCUT2D eigenvalue weighted by atomic mass is 9.80. The number of nitrogens with one attached hydrogen (secondary N) is 1. The van der Waals surface area contributed by atoms with E-state index in [-0.39, 0.29) is 17.5 Å². The molecular weight excluding hydrogens is 228 g/mol. The van der Waals surface area contributed by atoms with Gasteiger partial charge in [-0.25, -0.2) is 0 Å². The zero-order chi connectivity index (χ0) is 13.0.